The van der Waals surface area contributed by atoms with E-state index < -0.39 is 10.5 Å². The van der Waals surface area contributed by atoms with Gasteiger partial charge in [0.25, 0.3) is 0 Å². The molecule has 24 heavy (non-hydrogen) atoms. The number of unbranched alkanes of at least 4 members (excludes halogenated alkanes) is 1. The number of ether oxygens (including phenoxy) is 2. The summed E-state index contributed by atoms with van der Waals surface area (Å²) in [5.41, 5.74) is 1.14. The van der Waals surface area contributed by atoms with Crippen LogP contribution < -0.4 is 4.74 Å². The van der Waals surface area contributed by atoms with Gasteiger partial charge in [0.15, 0.2) is 5.75 Å². The first-order valence-electron chi connectivity index (χ1n) is 7.92. The van der Waals surface area contributed by atoms with E-state index in [0.717, 1.165) is 11.1 Å². The van der Waals surface area contributed by atoms with Gasteiger partial charge in [-0.15, -0.1) is 0 Å². The number of rotatable bonds is 7. The molecule has 0 saturated heterocycles. The van der Waals surface area contributed by atoms with Crippen LogP contribution in [0.4, 0.5) is 5.69 Å². The van der Waals surface area contributed by atoms with Crippen LogP contribution in [0.2, 0.25) is 0 Å². The Hall–Kier alpha value is -2.44. The minimum absolute atomic E-state index is 0.0609. The van der Waals surface area contributed by atoms with Crippen LogP contribution in [-0.2, 0) is 16.1 Å². The van der Waals surface area contributed by atoms with E-state index in [1.165, 1.54) is 6.07 Å². The van der Waals surface area contributed by atoms with Crippen molar-refractivity contribution in [3.63, 3.8) is 0 Å². The zero-order valence-electron chi connectivity index (χ0n) is 14.2. The molecule has 0 unspecified atom stereocenters. The highest BCUT2D eigenvalue weighted by Crippen LogP contribution is 2.32. The molecule has 1 aliphatic heterocycles. The number of nitro benzene ring substituents is 1. The standard InChI is InChI=1S/C17H22N2O5/c1-17(2,3)24-16(20)6-4-5-7-23-15-9-13-11-18-10-12(13)8-14(15)19(21)22/h8-10H,4-7,11H2,1-3H3. The SMILES string of the molecule is CC(C)(C)OC(=O)CCCCOc1cc2c(cc1[N+](=O)[O-])C=NC2. The molecule has 7 heteroatoms. The number of fused-ring (bicyclic) bond motifs is 1. The fourth-order valence-electron chi connectivity index (χ4n) is 2.33. The maximum atomic E-state index is 11.6. The molecule has 0 fully saturated rings. The molecular formula is C17H22N2O5. The second-order valence-corrected chi connectivity index (χ2v) is 6.64. The third-order valence-corrected chi connectivity index (χ3v) is 3.36. The Bertz CT molecular complexity index is 662. The number of benzene rings is 1. The van der Waals surface area contributed by atoms with Crippen molar-refractivity contribution in [3.05, 3.63) is 33.4 Å². The smallest absolute Gasteiger partial charge is 0.311 e. The second-order valence-electron chi connectivity index (χ2n) is 6.64. The number of carbonyl (C=O) groups excluding carboxylic acids is 1. The molecule has 0 radical (unpaired) electrons. The molecule has 130 valence electrons. The highest BCUT2D eigenvalue weighted by Gasteiger charge is 2.20. The predicted molar refractivity (Wildman–Crippen MR) is 89.6 cm³/mol. The van der Waals surface area contributed by atoms with Gasteiger partial charge in [-0.05, 0) is 45.2 Å². The summed E-state index contributed by atoms with van der Waals surface area (Å²) in [7, 11) is 0. The first-order chi connectivity index (χ1) is 11.3. The maximum absolute atomic E-state index is 11.6. The van der Waals surface area contributed by atoms with Crippen molar-refractivity contribution in [1.29, 1.82) is 0 Å². The number of carbonyl (C=O) groups is 1. The number of hydrogen-bond acceptors (Lipinski definition) is 6. The van der Waals surface area contributed by atoms with Gasteiger partial charge in [0.2, 0.25) is 0 Å². The lowest BCUT2D eigenvalue weighted by molar-refractivity contribution is -0.385. The summed E-state index contributed by atoms with van der Waals surface area (Å²) in [6.45, 7) is 6.30. The first kappa shape index (κ1) is 17.9. The largest absolute Gasteiger partial charge is 0.487 e. The van der Waals surface area contributed by atoms with Crippen molar-refractivity contribution in [3.8, 4) is 5.75 Å². The van der Waals surface area contributed by atoms with Crippen LogP contribution in [0.3, 0.4) is 0 Å². The van der Waals surface area contributed by atoms with Gasteiger partial charge in [0.05, 0.1) is 18.1 Å². The van der Waals surface area contributed by atoms with Crippen molar-refractivity contribution in [1.82, 2.24) is 0 Å². The van der Waals surface area contributed by atoms with E-state index in [4.69, 9.17) is 9.47 Å². The average Bonchev–Trinajstić information content (AvgIpc) is 2.91. The lowest BCUT2D eigenvalue weighted by Crippen LogP contribution is -2.23. The third-order valence-electron chi connectivity index (χ3n) is 3.36. The molecule has 2 rings (SSSR count). The zero-order chi connectivity index (χ0) is 17.7. The zero-order valence-corrected chi connectivity index (χ0v) is 14.2. The molecule has 1 aromatic carbocycles. The molecule has 0 atom stereocenters. The van der Waals surface area contributed by atoms with Crippen molar-refractivity contribution < 1.29 is 19.2 Å². The number of nitro groups is 1. The van der Waals surface area contributed by atoms with Gasteiger partial charge in [-0.2, -0.15) is 0 Å². The molecule has 1 aliphatic rings. The minimum Gasteiger partial charge on any atom is -0.487 e. The van der Waals surface area contributed by atoms with E-state index >= 15 is 0 Å². The molecule has 0 aliphatic carbocycles. The predicted octanol–water partition coefficient (Wildman–Crippen LogP) is 3.42. The molecule has 0 aromatic heterocycles. The van der Waals surface area contributed by atoms with E-state index in [2.05, 4.69) is 4.99 Å². The molecule has 0 amide bonds. The van der Waals surface area contributed by atoms with E-state index in [-0.39, 0.29) is 17.4 Å². The second kappa shape index (κ2) is 7.42. The van der Waals surface area contributed by atoms with Crippen molar-refractivity contribution in [2.24, 2.45) is 4.99 Å². The summed E-state index contributed by atoms with van der Waals surface area (Å²) in [5.74, 6) is 0.00433. The normalized spacial score (nSPS) is 12.8. The van der Waals surface area contributed by atoms with Crippen LogP contribution in [0.15, 0.2) is 17.1 Å². The van der Waals surface area contributed by atoms with Crippen molar-refractivity contribution >= 4 is 17.9 Å². The Morgan fingerprint density at radius 1 is 1.33 bits per heavy atom. The summed E-state index contributed by atoms with van der Waals surface area (Å²) < 4.78 is 10.8. The molecule has 0 saturated carbocycles. The van der Waals surface area contributed by atoms with Gasteiger partial charge >= 0.3 is 11.7 Å². The summed E-state index contributed by atoms with van der Waals surface area (Å²) in [6, 6.07) is 3.16. The number of nitrogens with zero attached hydrogens (tertiary/aromatic N) is 2. The summed E-state index contributed by atoms with van der Waals surface area (Å²) >= 11 is 0. The van der Waals surface area contributed by atoms with E-state index in [1.54, 1.807) is 12.3 Å². The molecule has 1 heterocycles. The van der Waals surface area contributed by atoms with Gasteiger partial charge in [0.1, 0.15) is 5.60 Å². The van der Waals surface area contributed by atoms with Crippen LogP contribution in [0.1, 0.15) is 51.2 Å². The van der Waals surface area contributed by atoms with Gasteiger partial charge in [-0.25, -0.2) is 0 Å². The summed E-state index contributed by atoms with van der Waals surface area (Å²) in [6.07, 6.45) is 3.16. The number of esters is 1. The lowest BCUT2D eigenvalue weighted by Gasteiger charge is -2.19. The van der Waals surface area contributed by atoms with Crippen molar-refractivity contribution in [2.75, 3.05) is 6.61 Å². The van der Waals surface area contributed by atoms with Crippen LogP contribution in [0.5, 0.6) is 5.75 Å². The Morgan fingerprint density at radius 3 is 2.75 bits per heavy atom. The highest BCUT2D eigenvalue weighted by atomic mass is 16.6. The molecule has 0 spiro atoms. The van der Waals surface area contributed by atoms with Gasteiger partial charge in [0, 0.05) is 24.3 Å². The lowest BCUT2D eigenvalue weighted by atomic mass is 10.1. The minimum atomic E-state index is -0.485. The monoisotopic (exact) mass is 334 g/mol. The molecular weight excluding hydrogens is 312 g/mol. The number of hydrogen-bond donors (Lipinski definition) is 0. The quantitative estimate of drug-likeness (QED) is 0.330. The Morgan fingerprint density at radius 2 is 2.08 bits per heavy atom. The third kappa shape index (κ3) is 5.04. The van der Waals surface area contributed by atoms with Crippen LogP contribution in [-0.4, -0.2) is 29.3 Å². The Balaban J connectivity index is 1.83. The molecule has 7 nitrogen and oxygen atoms in total. The topological polar surface area (TPSA) is 91.0 Å². The van der Waals surface area contributed by atoms with E-state index in [1.807, 2.05) is 20.8 Å². The number of aliphatic imine (C=N–C) groups is 1. The van der Waals surface area contributed by atoms with Gasteiger partial charge in [-0.1, -0.05) is 0 Å². The molecule has 1 aromatic rings. The highest BCUT2D eigenvalue weighted by molar-refractivity contribution is 5.86. The van der Waals surface area contributed by atoms with Gasteiger partial charge in [-0.3, -0.25) is 19.9 Å². The fraction of sp³-hybridized carbons (Fsp3) is 0.529. The van der Waals surface area contributed by atoms with Crippen LogP contribution in [0, 0.1) is 10.1 Å². The van der Waals surface area contributed by atoms with E-state index in [0.29, 0.717) is 32.4 Å². The van der Waals surface area contributed by atoms with Crippen molar-refractivity contribution in [2.45, 2.75) is 52.2 Å². The Labute approximate surface area is 140 Å². The first-order valence-corrected chi connectivity index (χ1v) is 7.92. The van der Waals surface area contributed by atoms with Crippen LogP contribution >= 0.6 is 0 Å². The molecule has 0 N–H and O–H groups in total. The molecule has 0 bridgehead atoms. The summed E-state index contributed by atoms with van der Waals surface area (Å²) in [5, 5.41) is 11.2. The maximum Gasteiger partial charge on any atom is 0.311 e. The summed E-state index contributed by atoms with van der Waals surface area (Å²) in [4.78, 5) is 26.4. The van der Waals surface area contributed by atoms with E-state index in [9.17, 15) is 14.9 Å². The average molecular weight is 334 g/mol. The van der Waals surface area contributed by atoms with Crippen LogP contribution in [0.25, 0.3) is 0 Å². The van der Waals surface area contributed by atoms with Gasteiger partial charge < -0.3 is 9.47 Å². The Kier molecular flexibility index (Phi) is 5.54. The fourth-order valence-corrected chi connectivity index (χ4v) is 2.33.